The lowest BCUT2D eigenvalue weighted by atomic mass is 10.4. The fourth-order valence-electron chi connectivity index (χ4n) is 1.23. The number of thioether (sulfide) groups is 1. The topological polar surface area (TPSA) is 51.2 Å². The average Bonchev–Trinajstić information content (AvgIpc) is 2.85. The minimum atomic E-state index is 0.0236. The van der Waals surface area contributed by atoms with Gasteiger partial charge in [0.2, 0.25) is 0 Å². The van der Waals surface area contributed by atoms with Gasteiger partial charge in [-0.1, -0.05) is 11.8 Å². The van der Waals surface area contributed by atoms with Gasteiger partial charge < -0.3 is 14.1 Å². The average molecular weight is 224 g/mol. The molecule has 0 atom stereocenters. The van der Waals surface area contributed by atoms with Gasteiger partial charge in [0.1, 0.15) is 0 Å². The molecule has 80 valence electrons. The number of hydrogen-bond acceptors (Lipinski definition) is 4. The second-order valence-corrected chi connectivity index (χ2v) is 4.11. The van der Waals surface area contributed by atoms with Crippen LogP contribution in [0.2, 0.25) is 0 Å². The van der Waals surface area contributed by atoms with E-state index in [1.165, 1.54) is 0 Å². The second-order valence-electron chi connectivity index (χ2n) is 3.17. The first kappa shape index (κ1) is 10.3. The summed E-state index contributed by atoms with van der Waals surface area (Å²) in [7, 11) is 1.90. The first-order valence-electron chi connectivity index (χ1n) is 4.56. The number of aromatic nitrogens is 2. The van der Waals surface area contributed by atoms with Gasteiger partial charge >= 0.3 is 0 Å². The molecular formula is C10H12N2O2S. The van der Waals surface area contributed by atoms with E-state index in [1.807, 2.05) is 17.7 Å². The van der Waals surface area contributed by atoms with Gasteiger partial charge in [-0.05, 0) is 6.07 Å². The Labute approximate surface area is 91.9 Å². The molecule has 0 aliphatic rings. The third kappa shape index (κ3) is 2.24. The van der Waals surface area contributed by atoms with Gasteiger partial charge in [0.25, 0.3) is 0 Å². The van der Waals surface area contributed by atoms with Gasteiger partial charge in [-0.15, -0.1) is 0 Å². The van der Waals surface area contributed by atoms with E-state index < -0.39 is 0 Å². The predicted octanol–water partition coefficient (Wildman–Crippen LogP) is 1.80. The number of aliphatic hydroxyl groups is 1. The van der Waals surface area contributed by atoms with Crippen molar-refractivity contribution in [2.45, 2.75) is 17.5 Å². The summed E-state index contributed by atoms with van der Waals surface area (Å²) < 4.78 is 6.87. The van der Waals surface area contributed by atoms with Crippen molar-refractivity contribution in [3.05, 3.63) is 36.0 Å². The van der Waals surface area contributed by atoms with E-state index in [0.29, 0.717) is 0 Å². The van der Waals surface area contributed by atoms with E-state index in [9.17, 15) is 0 Å². The highest BCUT2D eigenvalue weighted by atomic mass is 32.2. The van der Waals surface area contributed by atoms with Crippen LogP contribution in [0, 0.1) is 0 Å². The molecule has 2 heterocycles. The van der Waals surface area contributed by atoms with Crippen molar-refractivity contribution in [1.82, 2.24) is 9.55 Å². The summed E-state index contributed by atoms with van der Waals surface area (Å²) >= 11 is 1.62. The molecule has 0 saturated heterocycles. The summed E-state index contributed by atoms with van der Waals surface area (Å²) in [5.41, 5.74) is 1.96. The molecule has 4 nitrogen and oxygen atoms in total. The zero-order valence-electron chi connectivity index (χ0n) is 8.38. The molecule has 0 spiro atoms. The lowest BCUT2D eigenvalue weighted by Gasteiger charge is -2.02. The van der Waals surface area contributed by atoms with Gasteiger partial charge in [-0.3, -0.25) is 0 Å². The Morgan fingerprint density at radius 3 is 3.07 bits per heavy atom. The van der Waals surface area contributed by atoms with Crippen molar-refractivity contribution in [3.63, 3.8) is 0 Å². The van der Waals surface area contributed by atoms with Crippen LogP contribution < -0.4 is 0 Å². The molecular weight excluding hydrogens is 212 g/mol. The van der Waals surface area contributed by atoms with Crippen molar-refractivity contribution < 1.29 is 9.52 Å². The minimum absolute atomic E-state index is 0.0236. The largest absolute Gasteiger partial charge is 0.472 e. The highest BCUT2D eigenvalue weighted by molar-refractivity contribution is 7.98. The lowest BCUT2D eigenvalue weighted by Crippen LogP contribution is -1.97. The summed E-state index contributed by atoms with van der Waals surface area (Å²) in [5, 5.41) is 9.90. The maximum Gasteiger partial charge on any atom is 0.168 e. The quantitative estimate of drug-likeness (QED) is 0.804. The molecule has 0 aliphatic carbocycles. The molecule has 0 unspecified atom stereocenters. The molecule has 0 aromatic carbocycles. The summed E-state index contributed by atoms with van der Waals surface area (Å²) in [5.74, 6) is 0.826. The summed E-state index contributed by atoms with van der Waals surface area (Å²) in [6.45, 7) is 0.0236. The molecule has 5 heteroatoms. The van der Waals surface area contributed by atoms with Crippen LogP contribution in [0.3, 0.4) is 0 Å². The van der Waals surface area contributed by atoms with E-state index >= 15 is 0 Å². The van der Waals surface area contributed by atoms with Crippen molar-refractivity contribution in [2.75, 3.05) is 0 Å². The van der Waals surface area contributed by atoms with Gasteiger partial charge in [0, 0.05) is 18.4 Å². The fraction of sp³-hybridized carbons (Fsp3) is 0.300. The Kier molecular flexibility index (Phi) is 3.13. The molecule has 0 fully saturated rings. The maximum absolute atomic E-state index is 9.00. The van der Waals surface area contributed by atoms with Crippen LogP contribution in [-0.2, 0) is 19.4 Å². The van der Waals surface area contributed by atoms with Crippen molar-refractivity contribution >= 4 is 11.8 Å². The Morgan fingerprint density at radius 2 is 2.47 bits per heavy atom. The summed E-state index contributed by atoms with van der Waals surface area (Å²) in [6, 6.07) is 1.93. The molecule has 15 heavy (non-hydrogen) atoms. The zero-order valence-corrected chi connectivity index (χ0v) is 9.20. The Morgan fingerprint density at radius 1 is 1.60 bits per heavy atom. The Hall–Kier alpha value is -1.20. The van der Waals surface area contributed by atoms with Crippen LogP contribution in [0.4, 0.5) is 0 Å². The van der Waals surface area contributed by atoms with E-state index in [2.05, 4.69) is 4.98 Å². The molecule has 2 aromatic rings. The van der Waals surface area contributed by atoms with Crippen LogP contribution in [0.15, 0.2) is 34.4 Å². The van der Waals surface area contributed by atoms with E-state index in [-0.39, 0.29) is 6.61 Å². The van der Waals surface area contributed by atoms with Crippen molar-refractivity contribution in [3.8, 4) is 0 Å². The zero-order chi connectivity index (χ0) is 10.7. The number of hydrogen-bond donors (Lipinski definition) is 1. The third-order valence-electron chi connectivity index (χ3n) is 2.15. The number of aliphatic hydroxyl groups excluding tert-OH is 1. The number of imidazole rings is 1. The highest BCUT2D eigenvalue weighted by Gasteiger charge is 2.06. The van der Waals surface area contributed by atoms with Crippen LogP contribution >= 0.6 is 11.8 Å². The van der Waals surface area contributed by atoms with E-state index in [0.717, 1.165) is 22.2 Å². The van der Waals surface area contributed by atoms with Crippen LogP contribution in [0.1, 0.15) is 11.3 Å². The van der Waals surface area contributed by atoms with E-state index in [1.54, 1.807) is 30.5 Å². The maximum atomic E-state index is 9.00. The monoisotopic (exact) mass is 224 g/mol. The normalized spacial score (nSPS) is 10.8. The molecule has 0 amide bonds. The van der Waals surface area contributed by atoms with Crippen LogP contribution in [0.5, 0.6) is 0 Å². The predicted molar refractivity (Wildman–Crippen MR) is 57.4 cm³/mol. The SMILES string of the molecule is Cn1c(CO)cnc1SCc1ccoc1. The molecule has 2 rings (SSSR count). The standard InChI is InChI=1S/C10H12N2O2S/c1-12-9(5-13)4-11-10(12)15-7-8-2-3-14-6-8/h2-4,6,13H,5,7H2,1H3. The summed E-state index contributed by atoms with van der Waals surface area (Å²) in [6.07, 6.45) is 5.08. The third-order valence-corrected chi connectivity index (χ3v) is 3.27. The second kappa shape index (κ2) is 4.55. The molecule has 0 saturated carbocycles. The van der Waals surface area contributed by atoms with Gasteiger partial charge in [-0.25, -0.2) is 4.98 Å². The van der Waals surface area contributed by atoms with Crippen LogP contribution in [-0.4, -0.2) is 14.7 Å². The molecule has 1 N–H and O–H groups in total. The number of rotatable bonds is 4. The molecule has 0 radical (unpaired) electrons. The van der Waals surface area contributed by atoms with Gasteiger partial charge in [0.05, 0.1) is 31.0 Å². The van der Waals surface area contributed by atoms with Gasteiger partial charge in [0.15, 0.2) is 5.16 Å². The molecule has 2 aromatic heterocycles. The minimum Gasteiger partial charge on any atom is -0.472 e. The smallest absolute Gasteiger partial charge is 0.168 e. The Balaban J connectivity index is 2.02. The van der Waals surface area contributed by atoms with E-state index in [4.69, 9.17) is 9.52 Å². The summed E-state index contributed by atoms with van der Waals surface area (Å²) in [4.78, 5) is 4.22. The first-order valence-corrected chi connectivity index (χ1v) is 5.55. The number of furan rings is 1. The fourth-order valence-corrected chi connectivity index (χ4v) is 2.13. The van der Waals surface area contributed by atoms with Crippen molar-refractivity contribution in [1.29, 1.82) is 0 Å². The van der Waals surface area contributed by atoms with Crippen molar-refractivity contribution in [2.24, 2.45) is 7.05 Å². The molecule has 0 bridgehead atoms. The Bertz CT molecular complexity index is 423. The highest BCUT2D eigenvalue weighted by Crippen LogP contribution is 2.22. The number of nitrogens with zero attached hydrogens (tertiary/aromatic N) is 2. The van der Waals surface area contributed by atoms with Gasteiger partial charge in [-0.2, -0.15) is 0 Å². The molecule has 0 aliphatic heterocycles. The van der Waals surface area contributed by atoms with Crippen LogP contribution in [0.25, 0.3) is 0 Å². The first-order chi connectivity index (χ1) is 7.31. The lowest BCUT2D eigenvalue weighted by molar-refractivity contribution is 0.271.